The minimum atomic E-state index is -1.57. The maximum absolute atomic E-state index is 14.0. The summed E-state index contributed by atoms with van der Waals surface area (Å²) >= 11 is 12.3. The number of cyclic esters (lactones) is 1. The van der Waals surface area contributed by atoms with Crippen LogP contribution in [0.4, 0.5) is 0 Å². The molecule has 1 aromatic carbocycles. The van der Waals surface area contributed by atoms with Gasteiger partial charge in [-0.15, -0.1) is 0 Å². The fourth-order valence-electron chi connectivity index (χ4n) is 8.52. The van der Waals surface area contributed by atoms with Crippen LogP contribution in [0.3, 0.4) is 0 Å². The Morgan fingerprint density at radius 1 is 0.903 bits per heavy atom. The van der Waals surface area contributed by atoms with Crippen LogP contribution >= 0.6 is 23.2 Å². The maximum atomic E-state index is 14.0. The zero-order valence-corrected chi connectivity index (χ0v) is 44.5. The number of hydrogen-bond donors (Lipinski definition) is 7. The number of aliphatic hydroxyl groups is 5. The number of phenols is 2. The molecule has 14 atom stereocenters. The molecular weight excluding hydrogens is 983 g/mol. The van der Waals surface area contributed by atoms with Crippen molar-refractivity contribution >= 4 is 41.1 Å². The largest absolute Gasteiger partial charge is 0.505 e. The molecule has 0 bridgehead atoms. The summed E-state index contributed by atoms with van der Waals surface area (Å²) in [6.07, 6.45) is -5.45. The van der Waals surface area contributed by atoms with Crippen molar-refractivity contribution in [3.63, 3.8) is 0 Å². The Kier molecular flexibility index (Phi) is 22.4. The van der Waals surface area contributed by atoms with Gasteiger partial charge in [0.15, 0.2) is 36.3 Å². The Hall–Kier alpha value is -3.89. The average molecular weight is 1060 g/mol. The van der Waals surface area contributed by atoms with Crippen LogP contribution < -0.4 is 0 Å². The van der Waals surface area contributed by atoms with Crippen molar-refractivity contribution in [2.75, 3.05) is 13.7 Å². The molecule has 3 heterocycles. The third kappa shape index (κ3) is 14.7. The number of aromatic hydroxyl groups is 2. The van der Waals surface area contributed by atoms with E-state index in [-0.39, 0.29) is 35.4 Å². The number of ether oxygens (including phenoxy) is 8. The first-order valence-electron chi connectivity index (χ1n) is 24.2. The van der Waals surface area contributed by atoms with Gasteiger partial charge in [0.25, 0.3) is 0 Å². The van der Waals surface area contributed by atoms with Crippen LogP contribution in [0.15, 0.2) is 58.7 Å². The number of phenolic OH excluding ortho intramolecular Hbond substituents is 2. The van der Waals surface area contributed by atoms with Gasteiger partial charge in [-0.05, 0) is 90.5 Å². The van der Waals surface area contributed by atoms with Crippen LogP contribution in [0.5, 0.6) is 11.5 Å². The molecule has 2 fully saturated rings. The first-order chi connectivity index (χ1) is 33.7. The number of esters is 3. The number of hydrogen-bond acceptors (Lipinski definition) is 18. The van der Waals surface area contributed by atoms with E-state index in [9.17, 15) is 50.1 Å². The van der Waals surface area contributed by atoms with Gasteiger partial charge < -0.3 is 73.6 Å². The molecule has 0 spiro atoms. The van der Waals surface area contributed by atoms with Gasteiger partial charge in [-0.3, -0.25) is 4.79 Å². The number of methoxy groups -OCH3 is 1. The highest BCUT2D eigenvalue weighted by Gasteiger charge is 2.53. The molecule has 0 amide bonds. The van der Waals surface area contributed by atoms with E-state index in [4.69, 9.17) is 61.1 Å². The second-order valence-corrected chi connectivity index (χ2v) is 20.1. The number of allylic oxidation sites excluding steroid dienone is 4. The van der Waals surface area contributed by atoms with Crippen molar-refractivity contribution in [1.29, 1.82) is 0 Å². The molecule has 1 aromatic rings. The van der Waals surface area contributed by atoms with Gasteiger partial charge in [-0.1, -0.05) is 86.9 Å². The smallest absolute Gasteiger partial charge is 0.342 e. The lowest BCUT2D eigenvalue weighted by Gasteiger charge is -2.47. The number of benzene rings is 1. The van der Waals surface area contributed by atoms with Gasteiger partial charge in [0.1, 0.15) is 41.1 Å². The van der Waals surface area contributed by atoms with Crippen LogP contribution in [0, 0.1) is 11.8 Å². The van der Waals surface area contributed by atoms with Gasteiger partial charge in [-0.25, -0.2) is 9.59 Å². The zero-order valence-electron chi connectivity index (χ0n) is 43.0. The fourth-order valence-corrected chi connectivity index (χ4v) is 9.08. The van der Waals surface area contributed by atoms with E-state index in [0.717, 1.165) is 0 Å². The Morgan fingerprint density at radius 2 is 1.57 bits per heavy atom. The molecule has 3 aliphatic heterocycles. The molecule has 18 nitrogen and oxygen atoms in total. The highest BCUT2D eigenvalue weighted by molar-refractivity contribution is 6.39. The molecule has 404 valence electrons. The quantitative estimate of drug-likeness (QED) is 0.0655. The first-order valence-corrected chi connectivity index (χ1v) is 24.9. The van der Waals surface area contributed by atoms with E-state index in [2.05, 4.69) is 0 Å². The second-order valence-electron chi connectivity index (χ2n) is 19.4. The van der Waals surface area contributed by atoms with Gasteiger partial charge >= 0.3 is 17.9 Å². The molecule has 14 unspecified atom stereocenters. The number of halogens is 2. The van der Waals surface area contributed by atoms with E-state index >= 15 is 0 Å². The highest BCUT2D eigenvalue weighted by Crippen LogP contribution is 2.45. The normalized spacial score (nSPS) is 34.8. The van der Waals surface area contributed by atoms with Crippen molar-refractivity contribution in [1.82, 2.24) is 0 Å². The predicted molar refractivity (Wildman–Crippen MR) is 265 cm³/mol. The summed E-state index contributed by atoms with van der Waals surface area (Å²) < 4.78 is 47.8. The summed E-state index contributed by atoms with van der Waals surface area (Å²) in [5.74, 6) is -4.92. The molecular formula is C52H74Cl2O18. The number of carbonyl (C=O) groups is 3. The topological polar surface area (TPSA) is 267 Å². The minimum absolute atomic E-state index is 0.0387. The Balaban J connectivity index is 1.64. The van der Waals surface area contributed by atoms with Gasteiger partial charge in [0, 0.05) is 19.4 Å². The molecule has 0 saturated carbocycles. The summed E-state index contributed by atoms with van der Waals surface area (Å²) in [5.41, 5.74) is 0.279. The molecule has 20 heteroatoms. The lowest BCUT2D eigenvalue weighted by atomic mass is 9.88. The highest BCUT2D eigenvalue weighted by atomic mass is 35.5. The number of carbonyl (C=O) groups excluding carboxylic acids is 3. The molecule has 7 N–H and O–H groups in total. The summed E-state index contributed by atoms with van der Waals surface area (Å²) in [5, 5.41) is 76.1. The van der Waals surface area contributed by atoms with Crippen LogP contribution in [0.1, 0.15) is 111 Å². The van der Waals surface area contributed by atoms with Gasteiger partial charge in [0.2, 0.25) is 0 Å². The van der Waals surface area contributed by atoms with Crippen molar-refractivity contribution in [2.45, 2.75) is 187 Å². The summed E-state index contributed by atoms with van der Waals surface area (Å²) in [6.45, 7) is 18.0. The van der Waals surface area contributed by atoms with Crippen molar-refractivity contribution in [2.24, 2.45) is 11.8 Å². The third-order valence-electron chi connectivity index (χ3n) is 13.0. The van der Waals surface area contributed by atoms with Crippen LogP contribution in [-0.4, -0.2) is 153 Å². The second kappa shape index (κ2) is 26.5. The SMILES string of the molecule is CCc1c(Cl)c(O)c(Cl)c(O)c1C(=O)OC1C(C)OC(OC/C2=C/C=C/CC(O)/C(C)=C/C(CC)C(OC3OC(C)(C)C(O)C(O)C3OC(=O)C(C)C)/C(C)=C/C(C)=C/CC(C(C)O)OC2=O)C(OC)C1O. The minimum Gasteiger partial charge on any atom is -0.505 e. The van der Waals surface area contributed by atoms with E-state index in [0.29, 0.717) is 23.1 Å². The summed E-state index contributed by atoms with van der Waals surface area (Å²) in [7, 11) is 1.26. The van der Waals surface area contributed by atoms with Crippen LogP contribution in [0.25, 0.3) is 0 Å². The third-order valence-corrected chi connectivity index (χ3v) is 13.8. The first kappa shape index (κ1) is 60.7. The van der Waals surface area contributed by atoms with Crippen molar-refractivity contribution in [3.05, 3.63) is 79.9 Å². The fraction of sp³-hybridized carbons (Fsp3) is 0.635. The zero-order chi connectivity index (χ0) is 54.1. The molecule has 0 radical (unpaired) electrons. The molecule has 3 aliphatic rings. The van der Waals surface area contributed by atoms with Crippen LogP contribution in [-0.2, 0) is 53.9 Å². The molecule has 4 rings (SSSR count). The summed E-state index contributed by atoms with van der Waals surface area (Å²) in [6, 6.07) is 0. The van der Waals surface area contributed by atoms with E-state index in [1.807, 2.05) is 32.9 Å². The molecule has 72 heavy (non-hydrogen) atoms. The van der Waals surface area contributed by atoms with Crippen molar-refractivity contribution in [3.8, 4) is 11.5 Å². The Bertz CT molecular complexity index is 2220. The monoisotopic (exact) mass is 1060 g/mol. The van der Waals surface area contributed by atoms with Gasteiger partial charge in [-0.2, -0.15) is 0 Å². The number of aliphatic hydroxyl groups excluding tert-OH is 5. The maximum Gasteiger partial charge on any atom is 0.342 e. The Morgan fingerprint density at radius 3 is 2.17 bits per heavy atom. The van der Waals surface area contributed by atoms with Crippen molar-refractivity contribution < 1.29 is 88.0 Å². The van der Waals surface area contributed by atoms with E-state index in [1.54, 1.807) is 53.7 Å². The number of rotatable bonds is 13. The predicted octanol–water partition coefficient (Wildman–Crippen LogP) is 6.23. The molecule has 2 saturated heterocycles. The molecule has 0 aromatic heterocycles. The van der Waals surface area contributed by atoms with E-state index in [1.165, 1.54) is 33.1 Å². The lowest BCUT2D eigenvalue weighted by molar-refractivity contribution is -0.333. The van der Waals surface area contributed by atoms with Crippen LogP contribution in [0.2, 0.25) is 10.0 Å². The lowest BCUT2D eigenvalue weighted by Crippen LogP contribution is -2.64. The molecule has 0 aliphatic carbocycles. The standard InChI is InChI=1S/C52H74Cl2O18/c1-13-30-22-26(6)33(56)18-16-15-17-31(23-66-50-44(65-12)40(59)43(29(9)67-50)69-49(64)35-32(14-2)36(53)39(58)37(54)38(35)57)48(63)68-34(28(8)55)20-19-25(5)21-27(7)42(30)71-51-45(70-47(62)24(3)4)41(60)46(61)52(10,11)72-51/h15-17,19,21-22,24,28-30,33-34,40-46,50-51,55-61H,13-14,18,20,23H2,1-12H3/b16-15+,25-19+,26-22+,27-21+,31-17-. The Labute approximate surface area is 431 Å². The average Bonchev–Trinajstić information content (AvgIpc) is 3.32. The summed E-state index contributed by atoms with van der Waals surface area (Å²) in [4.78, 5) is 40.3. The van der Waals surface area contributed by atoms with E-state index < -0.39 is 144 Å². The van der Waals surface area contributed by atoms with Gasteiger partial charge in [0.05, 0.1) is 53.1 Å².